The van der Waals surface area contributed by atoms with E-state index in [-0.39, 0.29) is 17.8 Å². The second-order valence-electron chi connectivity index (χ2n) is 9.46. The van der Waals surface area contributed by atoms with E-state index in [9.17, 15) is 9.18 Å². The molecular formula is C29H31FN2O2. The van der Waals surface area contributed by atoms with Crippen LogP contribution >= 0.6 is 0 Å². The predicted octanol–water partition coefficient (Wildman–Crippen LogP) is 5.42. The highest BCUT2D eigenvalue weighted by atomic mass is 19.1. The van der Waals surface area contributed by atoms with Gasteiger partial charge in [0.2, 0.25) is 5.91 Å². The Morgan fingerprint density at radius 2 is 1.53 bits per heavy atom. The molecular weight excluding hydrogens is 427 g/mol. The van der Waals surface area contributed by atoms with E-state index < -0.39 is 0 Å². The Hall–Kier alpha value is -3.18. The second-order valence-corrected chi connectivity index (χ2v) is 9.46. The number of piperidine rings is 2. The highest BCUT2D eigenvalue weighted by molar-refractivity contribution is 5.77. The van der Waals surface area contributed by atoms with Gasteiger partial charge in [0.25, 0.3) is 0 Å². The number of halogens is 1. The average molecular weight is 459 g/mol. The van der Waals surface area contributed by atoms with Gasteiger partial charge in [-0.1, -0.05) is 54.6 Å². The van der Waals surface area contributed by atoms with Gasteiger partial charge >= 0.3 is 0 Å². The molecule has 2 heterocycles. The summed E-state index contributed by atoms with van der Waals surface area (Å²) in [5.41, 5.74) is 3.43. The molecule has 3 aromatic rings. The predicted molar refractivity (Wildman–Crippen MR) is 131 cm³/mol. The fraction of sp³-hybridized carbons (Fsp3) is 0.345. The lowest BCUT2D eigenvalue weighted by molar-refractivity contribution is -0.142. The van der Waals surface area contributed by atoms with Crippen LogP contribution in [0.25, 0.3) is 0 Å². The van der Waals surface area contributed by atoms with E-state index in [1.54, 1.807) is 12.1 Å². The molecule has 4 nitrogen and oxygen atoms in total. The van der Waals surface area contributed by atoms with E-state index in [2.05, 4.69) is 41.3 Å². The summed E-state index contributed by atoms with van der Waals surface area (Å²) >= 11 is 0. The molecule has 5 rings (SSSR count). The summed E-state index contributed by atoms with van der Waals surface area (Å²) in [6.45, 7) is 4.03. The zero-order chi connectivity index (χ0) is 23.3. The van der Waals surface area contributed by atoms with Crippen LogP contribution in [0, 0.1) is 11.7 Å². The van der Waals surface area contributed by atoms with Crippen molar-refractivity contribution in [2.75, 3.05) is 13.1 Å². The maximum Gasteiger partial charge on any atom is 0.223 e. The van der Waals surface area contributed by atoms with E-state index in [0.29, 0.717) is 25.5 Å². The van der Waals surface area contributed by atoms with Gasteiger partial charge in [-0.2, -0.15) is 0 Å². The molecule has 0 N–H and O–H groups in total. The van der Waals surface area contributed by atoms with Gasteiger partial charge in [-0.05, 0) is 59.7 Å². The van der Waals surface area contributed by atoms with Gasteiger partial charge in [0.1, 0.15) is 18.2 Å². The van der Waals surface area contributed by atoms with Crippen molar-refractivity contribution in [3.63, 3.8) is 0 Å². The number of amides is 1. The first kappa shape index (κ1) is 22.6. The molecule has 0 saturated carbocycles. The monoisotopic (exact) mass is 458 g/mol. The summed E-state index contributed by atoms with van der Waals surface area (Å²) in [5.74, 6) is 1.36. The number of fused-ring (bicyclic) bond motifs is 1. The van der Waals surface area contributed by atoms with Gasteiger partial charge in [0.15, 0.2) is 0 Å². The van der Waals surface area contributed by atoms with E-state index in [1.165, 1.54) is 17.7 Å². The van der Waals surface area contributed by atoms with Crippen LogP contribution in [0.5, 0.6) is 5.75 Å². The van der Waals surface area contributed by atoms with Crippen LogP contribution in [-0.4, -0.2) is 34.8 Å². The number of rotatable bonds is 7. The zero-order valence-corrected chi connectivity index (χ0v) is 19.4. The van der Waals surface area contributed by atoms with Crippen LogP contribution in [-0.2, 0) is 24.5 Å². The average Bonchev–Trinajstić information content (AvgIpc) is 2.87. The molecule has 2 aliphatic heterocycles. The lowest BCUT2D eigenvalue weighted by Gasteiger charge is -2.47. The molecule has 0 spiro atoms. The molecule has 2 aliphatic rings. The molecule has 1 amide bonds. The van der Waals surface area contributed by atoms with Gasteiger partial charge in [-0.3, -0.25) is 9.69 Å². The van der Waals surface area contributed by atoms with E-state index in [1.807, 2.05) is 23.1 Å². The van der Waals surface area contributed by atoms with Crippen molar-refractivity contribution in [2.45, 2.75) is 45.0 Å². The third-order valence-electron chi connectivity index (χ3n) is 7.07. The molecule has 0 aliphatic carbocycles. The molecule has 2 saturated heterocycles. The van der Waals surface area contributed by atoms with Crippen LogP contribution in [0.1, 0.15) is 36.0 Å². The third-order valence-corrected chi connectivity index (χ3v) is 7.07. The third kappa shape index (κ3) is 5.48. The molecule has 34 heavy (non-hydrogen) atoms. The minimum Gasteiger partial charge on any atom is -0.489 e. The molecule has 0 unspecified atom stereocenters. The van der Waals surface area contributed by atoms with Crippen LogP contribution in [0.4, 0.5) is 4.39 Å². The van der Waals surface area contributed by atoms with E-state index >= 15 is 0 Å². The van der Waals surface area contributed by atoms with Crippen LogP contribution in [0.15, 0.2) is 78.9 Å². The Kier molecular flexibility index (Phi) is 6.91. The number of likely N-dealkylation sites (tertiary alicyclic amines) is 2. The fourth-order valence-electron chi connectivity index (χ4n) is 5.25. The largest absolute Gasteiger partial charge is 0.489 e. The van der Waals surface area contributed by atoms with Crippen molar-refractivity contribution in [1.82, 2.24) is 9.80 Å². The number of carbonyl (C=O) groups is 1. The number of benzene rings is 3. The minimum atomic E-state index is -0.240. The number of hydrogen-bond acceptors (Lipinski definition) is 3. The first-order chi connectivity index (χ1) is 16.6. The number of nitrogens with zero attached hydrogens (tertiary/aromatic N) is 2. The molecule has 0 radical (unpaired) electrons. The van der Waals surface area contributed by atoms with Crippen molar-refractivity contribution >= 4 is 5.91 Å². The molecule has 0 aromatic heterocycles. The second kappa shape index (κ2) is 10.4. The summed E-state index contributed by atoms with van der Waals surface area (Å²) in [7, 11) is 0. The van der Waals surface area contributed by atoms with Crippen LogP contribution < -0.4 is 4.74 Å². The quantitative estimate of drug-likeness (QED) is 0.474. The lowest BCUT2D eigenvalue weighted by Crippen LogP contribution is -2.55. The molecule has 2 fully saturated rings. The highest BCUT2D eigenvalue weighted by Crippen LogP contribution is 2.33. The van der Waals surface area contributed by atoms with Gasteiger partial charge in [0, 0.05) is 38.6 Å². The SMILES string of the molecule is O=C1CC[C@@H]2CN(Cc3ccc(OCc4ccccc4)cc3)CC[C@@H]2N1Cc1ccc(F)cc1. The summed E-state index contributed by atoms with van der Waals surface area (Å²) in [6.07, 6.45) is 2.53. The smallest absolute Gasteiger partial charge is 0.223 e. The van der Waals surface area contributed by atoms with Crippen molar-refractivity contribution in [2.24, 2.45) is 5.92 Å². The molecule has 3 aromatic carbocycles. The van der Waals surface area contributed by atoms with Crippen molar-refractivity contribution in [3.8, 4) is 5.75 Å². The maximum absolute atomic E-state index is 13.3. The van der Waals surface area contributed by atoms with E-state index in [0.717, 1.165) is 49.4 Å². The number of carbonyl (C=O) groups excluding carboxylic acids is 1. The summed E-state index contributed by atoms with van der Waals surface area (Å²) in [4.78, 5) is 17.2. The molecule has 2 atom stereocenters. The first-order valence-electron chi connectivity index (χ1n) is 12.2. The van der Waals surface area contributed by atoms with E-state index in [4.69, 9.17) is 4.74 Å². The van der Waals surface area contributed by atoms with Gasteiger partial charge < -0.3 is 9.64 Å². The summed E-state index contributed by atoms with van der Waals surface area (Å²) < 4.78 is 19.2. The van der Waals surface area contributed by atoms with Crippen LogP contribution in [0.2, 0.25) is 0 Å². The van der Waals surface area contributed by atoms with Crippen molar-refractivity contribution < 1.29 is 13.9 Å². The Morgan fingerprint density at radius 3 is 2.29 bits per heavy atom. The normalized spacial score (nSPS) is 20.7. The maximum atomic E-state index is 13.3. The molecule has 5 heteroatoms. The van der Waals surface area contributed by atoms with Gasteiger partial charge in [-0.15, -0.1) is 0 Å². The minimum absolute atomic E-state index is 0.227. The number of hydrogen-bond donors (Lipinski definition) is 0. The zero-order valence-electron chi connectivity index (χ0n) is 19.4. The molecule has 0 bridgehead atoms. The van der Waals surface area contributed by atoms with Crippen molar-refractivity contribution in [1.29, 1.82) is 0 Å². The lowest BCUT2D eigenvalue weighted by atomic mass is 9.83. The van der Waals surface area contributed by atoms with Gasteiger partial charge in [0.05, 0.1) is 0 Å². The Balaban J connectivity index is 1.15. The summed E-state index contributed by atoms with van der Waals surface area (Å²) in [5, 5.41) is 0. The topological polar surface area (TPSA) is 32.8 Å². The Bertz CT molecular complexity index is 1090. The number of ether oxygens (including phenoxy) is 1. The molecule has 176 valence electrons. The Labute approximate surface area is 201 Å². The summed E-state index contributed by atoms with van der Waals surface area (Å²) in [6, 6.07) is 25.4. The Morgan fingerprint density at radius 1 is 0.824 bits per heavy atom. The van der Waals surface area contributed by atoms with Crippen molar-refractivity contribution in [3.05, 3.63) is 101 Å². The standard InChI is InChI=1S/C29H31FN2O2/c30-26-11-6-23(7-12-26)19-32-28-16-17-31(20-25(28)10-15-29(32)33)18-22-8-13-27(14-9-22)34-21-24-4-2-1-3-5-24/h1-9,11-14,25,28H,10,15-21H2/t25-,28+/m1/s1. The fourth-order valence-corrected chi connectivity index (χ4v) is 5.25. The highest BCUT2D eigenvalue weighted by Gasteiger charge is 2.39. The first-order valence-corrected chi connectivity index (χ1v) is 12.2. The van der Waals surface area contributed by atoms with Crippen LogP contribution in [0.3, 0.4) is 0 Å². The van der Waals surface area contributed by atoms with Gasteiger partial charge in [-0.25, -0.2) is 4.39 Å².